The van der Waals surface area contributed by atoms with Gasteiger partial charge in [-0.2, -0.15) is 0 Å². The topological polar surface area (TPSA) is 120 Å². The van der Waals surface area contributed by atoms with E-state index in [0.717, 1.165) is 0 Å². The van der Waals surface area contributed by atoms with Crippen molar-refractivity contribution in [3.05, 3.63) is 35.9 Å². The third kappa shape index (κ3) is 3.15. The normalized spacial score (nSPS) is 15.8. The average molecular weight is 334 g/mol. The summed E-state index contributed by atoms with van der Waals surface area (Å²) in [4.78, 5) is 27.2. The molecule has 0 saturated carbocycles. The maximum Gasteiger partial charge on any atom is 0.360 e. The molecular weight excluding hydrogens is 320 g/mol. The van der Waals surface area contributed by atoms with Gasteiger partial charge >= 0.3 is 5.97 Å². The maximum atomic E-state index is 12.3. The summed E-state index contributed by atoms with van der Waals surface area (Å²) in [7, 11) is 1.41. The van der Waals surface area contributed by atoms with Crippen molar-refractivity contribution in [2.45, 2.75) is 12.7 Å². The van der Waals surface area contributed by atoms with Crippen LogP contribution >= 0.6 is 0 Å². The van der Waals surface area contributed by atoms with Gasteiger partial charge in [0.15, 0.2) is 11.5 Å². The Morgan fingerprint density at radius 2 is 2.12 bits per heavy atom. The number of hydrogen-bond donors (Lipinski definition) is 2. The average Bonchev–Trinajstić information content (AvgIpc) is 2.97. The Kier molecular flexibility index (Phi) is 4.34. The largest absolute Gasteiger partial charge is 0.485 e. The highest BCUT2D eigenvalue weighted by Crippen LogP contribution is 2.31. The molecule has 0 radical (unpaired) electrons. The van der Waals surface area contributed by atoms with Crippen LogP contribution in [0.3, 0.4) is 0 Å². The monoisotopic (exact) mass is 334 g/mol. The number of rotatable bonds is 5. The fourth-order valence-corrected chi connectivity index (χ4v) is 2.12. The highest BCUT2D eigenvalue weighted by atomic mass is 16.6. The number of carbonyl (C=O) groups is 2. The molecule has 126 valence electrons. The lowest BCUT2D eigenvalue weighted by Gasteiger charge is -2.25. The van der Waals surface area contributed by atoms with Crippen LogP contribution in [-0.4, -0.2) is 41.8 Å². The Bertz CT molecular complexity index is 771. The molecule has 1 aliphatic heterocycles. The predicted molar refractivity (Wildman–Crippen MR) is 79.2 cm³/mol. The van der Waals surface area contributed by atoms with E-state index in [0.29, 0.717) is 11.5 Å². The summed E-state index contributed by atoms with van der Waals surface area (Å²) in [5, 5.41) is 11.5. The van der Waals surface area contributed by atoms with Crippen molar-refractivity contribution in [3.8, 4) is 11.5 Å². The summed E-state index contributed by atoms with van der Waals surface area (Å²) in [5.41, 5.74) is -0.410. The van der Waals surface area contributed by atoms with Crippen molar-refractivity contribution in [3.63, 3.8) is 0 Å². The lowest BCUT2D eigenvalue weighted by atomic mass is 10.2. The van der Waals surface area contributed by atoms with Crippen LogP contribution in [-0.2, 0) is 16.1 Å². The van der Waals surface area contributed by atoms with Crippen molar-refractivity contribution in [1.29, 1.82) is 0 Å². The van der Waals surface area contributed by atoms with Gasteiger partial charge in [-0.15, -0.1) is 0 Å². The first kappa shape index (κ1) is 15.8. The summed E-state index contributed by atoms with van der Waals surface area (Å²) in [5.74, 6) is -1.21. The quantitative estimate of drug-likeness (QED) is 0.839. The summed E-state index contributed by atoms with van der Waals surface area (Å²) < 4.78 is 21.0. The van der Waals surface area contributed by atoms with Crippen LogP contribution in [0.2, 0.25) is 0 Å². The molecule has 1 aromatic heterocycles. The molecule has 9 nitrogen and oxygen atoms in total. The summed E-state index contributed by atoms with van der Waals surface area (Å²) in [6.45, 7) is -0.0309. The Balaban J connectivity index is 1.74. The second-order valence-corrected chi connectivity index (χ2v) is 4.88. The lowest BCUT2D eigenvalue weighted by molar-refractivity contribution is -0.125. The summed E-state index contributed by atoms with van der Waals surface area (Å²) >= 11 is 0. The number of oxazole rings is 1. The van der Waals surface area contributed by atoms with Crippen LogP contribution in [0, 0.1) is 0 Å². The van der Waals surface area contributed by atoms with Crippen LogP contribution < -0.4 is 14.8 Å². The molecule has 1 aliphatic rings. The van der Waals surface area contributed by atoms with E-state index in [4.69, 9.17) is 23.7 Å². The Morgan fingerprint density at radius 1 is 1.38 bits per heavy atom. The number of hydrogen-bond acceptors (Lipinski definition) is 7. The van der Waals surface area contributed by atoms with E-state index < -0.39 is 23.7 Å². The van der Waals surface area contributed by atoms with Gasteiger partial charge in [0.25, 0.3) is 5.91 Å². The molecule has 2 aromatic rings. The molecule has 1 amide bonds. The standard InChI is InChI=1S/C15H14N2O7/c1-21-7-11-16-12(15(19)20)14(24-11)17-13(18)10-6-22-8-4-2-3-5-9(8)23-10/h2-5,10H,6-7H2,1H3,(H,17,18)(H,19,20). The molecule has 24 heavy (non-hydrogen) atoms. The minimum absolute atomic E-state index is 0.00961. The number of para-hydroxylation sites is 2. The second-order valence-electron chi connectivity index (χ2n) is 4.88. The van der Waals surface area contributed by atoms with Crippen molar-refractivity contribution < 1.29 is 33.3 Å². The second kappa shape index (κ2) is 6.59. The molecule has 0 spiro atoms. The van der Waals surface area contributed by atoms with E-state index in [2.05, 4.69) is 10.3 Å². The summed E-state index contributed by atoms with van der Waals surface area (Å²) in [6, 6.07) is 6.92. The van der Waals surface area contributed by atoms with Gasteiger partial charge in [-0.3, -0.25) is 10.1 Å². The molecule has 1 atom stereocenters. The summed E-state index contributed by atoms with van der Waals surface area (Å²) in [6.07, 6.45) is -0.947. The zero-order valence-electron chi connectivity index (χ0n) is 12.6. The van der Waals surface area contributed by atoms with Crippen LogP contribution in [0.1, 0.15) is 16.4 Å². The van der Waals surface area contributed by atoms with Crippen LogP contribution in [0.25, 0.3) is 0 Å². The number of ether oxygens (including phenoxy) is 3. The fourth-order valence-electron chi connectivity index (χ4n) is 2.12. The number of fused-ring (bicyclic) bond motifs is 1. The van der Waals surface area contributed by atoms with Gasteiger partial charge in [0, 0.05) is 7.11 Å². The number of carboxylic acid groups (broad SMARTS) is 1. The first-order valence-corrected chi connectivity index (χ1v) is 6.99. The molecule has 2 N–H and O–H groups in total. The SMILES string of the molecule is COCc1nc(C(=O)O)c(NC(=O)C2COc3ccccc3O2)o1. The lowest BCUT2D eigenvalue weighted by Crippen LogP contribution is -2.40. The van der Waals surface area contributed by atoms with Crippen LogP contribution in [0.4, 0.5) is 5.88 Å². The number of anilines is 1. The van der Waals surface area contributed by atoms with Crippen molar-refractivity contribution >= 4 is 17.8 Å². The van der Waals surface area contributed by atoms with E-state index in [1.54, 1.807) is 24.3 Å². The van der Waals surface area contributed by atoms with Crippen LogP contribution in [0.5, 0.6) is 11.5 Å². The number of aromatic carboxylic acids is 1. The smallest absolute Gasteiger partial charge is 0.360 e. The number of methoxy groups -OCH3 is 1. The van der Waals surface area contributed by atoms with Gasteiger partial charge in [0.2, 0.25) is 23.6 Å². The highest BCUT2D eigenvalue weighted by molar-refractivity contribution is 5.99. The minimum Gasteiger partial charge on any atom is -0.485 e. The van der Waals surface area contributed by atoms with Gasteiger partial charge in [-0.1, -0.05) is 12.1 Å². The maximum absolute atomic E-state index is 12.3. The number of carboxylic acids is 1. The molecule has 2 heterocycles. The van der Waals surface area contributed by atoms with Crippen molar-refractivity contribution in [2.75, 3.05) is 19.0 Å². The third-order valence-electron chi connectivity index (χ3n) is 3.18. The van der Waals surface area contributed by atoms with Gasteiger partial charge < -0.3 is 23.7 Å². The van der Waals surface area contributed by atoms with Gasteiger partial charge in [0.1, 0.15) is 13.2 Å². The van der Waals surface area contributed by atoms with Crippen molar-refractivity contribution in [1.82, 2.24) is 4.98 Å². The number of benzene rings is 1. The number of nitrogens with zero attached hydrogens (tertiary/aromatic N) is 1. The van der Waals surface area contributed by atoms with Gasteiger partial charge in [0.05, 0.1) is 0 Å². The van der Waals surface area contributed by atoms with E-state index in [1.807, 2.05) is 0 Å². The van der Waals surface area contributed by atoms with E-state index in [1.165, 1.54) is 7.11 Å². The number of aromatic nitrogens is 1. The Labute approximate surface area is 136 Å². The van der Waals surface area contributed by atoms with Gasteiger partial charge in [-0.25, -0.2) is 9.78 Å². The first-order valence-electron chi connectivity index (χ1n) is 6.99. The Hall–Kier alpha value is -3.07. The molecule has 9 heteroatoms. The minimum atomic E-state index is -1.33. The van der Waals surface area contributed by atoms with Crippen LogP contribution in [0.15, 0.2) is 28.7 Å². The molecule has 0 fully saturated rings. The molecule has 1 aromatic carbocycles. The van der Waals surface area contributed by atoms with Crippen molar-refractivity contribution in [2.24, 2.45) is 0 Å². The molecule has 3 rings (SSSR count). The molecule has 0 bridgehead atoms. The van der Waals surface area contributed by atoms with Gasteiger partial charge in [-0.05, 0) is 12.1 Å². The molecule has 1 unspecified atom stereocenters. The molecule has 0 aliphatic carbocycles. The predicted octanol–water partition coefficient (Wildman–Crippen LogP) is 1.30. The van der Waals surface area contributed by atoms with E-state index in [9.17, 15) is 9.59 Å². The highest BCUT2D eigenvalue weighted by Gasteiger charge is 2.30. The van der Waals surface area contributed by atoms with E-state index >= 15 is 0 Å². The zero-order chi connectivity index (χ0) is 17.1. The number of carbonyl (C=O) groups excluding carboxylic acids is 1. The number of amides is 1. The van der Waals surface area contributed by atoms with E-state index in [-0.39, 0.29) is 25.0 Å². The molecular formula is C15H14N2O7. The Morgan fingerprint density at radius 3 is 2.83 bits per heavy atom. The first-order chi connectivity index (χ1) is 11.6. The molecule has 0 saturated heterocycles. The zero-order valence-corrected chi connectivity index (χ0v) is 12.6. The fraction of sp³-hybridized carbons (Fsp3) is 0.267. The number of nitrogens with one attached hydrogen (secondary N) is 1. The third-order valence-corrected chi connectivity index (χ3v) is 3.18.